The molecule has 0 radical (unpaired) electrons. The molecule has 2 N–H and O–H groups in total. The van der Waals surface area contributed by atoms with Crippen LogP contribution in [0.2, 0.25) is 0 Å². The molecule has 0 aromatic heterocycles. The molecule has 1 atom stereocenters. The minimum Gasteiger partial charge on any atom is -0.497 e. The Bertz CT molecular complexity index is 942. The molecule has 2 aromatic rings. The van der Waals surface area contributed by atoms with Crippen LogP contribution in [-0.2, 0) is 21.1 Å². The lowest BCUT2D eigenvalue weighted by atomic mass is 9.94. The standard InChI is InChI=1S/C24H34N2O5S/c1-4-16-26(17-5-2)18-15-24(23(27)25-28,19-20-9-7-6-8-10-20)32(29,30)22-13-11-21(31-3)12-14-22/h6-14,28H,4-5,15-19H2,1-3H3,(H,25,27). The Kier molecular flexibility index (Phi) is 9.68. The van der Waals surface area contributed by atoms with Crippen molar-refractivity contribution in [1.82, 2.24) is 10.4 Å². The summed E-state index contributed by atoms with van der Waals surface area (Å²) in [6, 6.07) is 15.0. The topological polar surface area (TPSA) is 95.9 Å². The van der Waals surface area contributed by atoms with E-state index in [9.17, 15) is 18.4 Å². The van der Waals surface area contributed by atoms with E-state index in [-0.39, 0.29) is 17.7 Å². The van der Waals surface area contributed by atoms with Crippen LogP contribution in [0.5, 0.6) is 5.75 Å². The maximum Gasteiger partial charge on any atom is 0.265 e. The lowest BCUT2D eigenvalue weighted by molar-refractivity contribution is -0.132. The van der Waals surface area contributed by atoms with Gasteiger partial charge in [0.2, 0.25) is 0 Å². The summed E-state index contributed by atoms with van der Waals surface area (Å²) in [6.45, 7) is 6.15. The Labute approximate surface area is 191 Å². The van der Waals surface area contributed by atoms with E-state index in [0.29, 0.717) is 17.9 Å². The summed E-state index contributed by atoms with van der Waals surface area (Å²) in [4.78, 5) is 15.3. The second-order valence-electron chi connectivity index (χ2n) is 7.87. The predicted molar refractivity (Wildman–Crippen MR) is 125 cm³/mol. The highest BCUT2D eigenvalue weighted by Gasteiger charge is 2.51. The zero-order valence-electron chi connectivity index (χ0n) is 19.1. The first-order valence-electron chi connectivity index (χ1n) is 10.9. The van der Waals surface area contributed by atoms with Gasteiger partial charge in [0.25, 0.3) is 5.91 Å². The molecule has 2 aromatic carbocycles. The van der Waals surface area contributed by atoms with Gasteiger partial charge in [-0.2, -0.15) is 0 Å². The van der Waals surface area contributed by atoms with Crippen LogP contribution in [-0.4, -0.2) is 55.9 Å². The average molecular weight is 463 g/mol. The van der Waals surface area contributed by atoms with Gasteiger partial charge in [-0.25, -0.2) is 13.9 Å². The molecule has 1 unspecified atom stereocenters. The summed E-state index contributed by atoms with van der Waals surface area (Å²) < 4.78 is 31.2. The van der Waals surface area contributed by atoms with E-state index in [1.165, 1.54) is 19.2 Å². The predicted octanol–water partition coefficient (Wildman–Crippen LogP) is 3.47. The molecule has 176 valence electrons. The number of hydroxylamine groups is 1. The second kappa shape index (κ2) is 12.0. The molecule has 8 heteroatoms. The monoisotopic (exact) mass is 462 g/mol. The highest BCUT2D eigenvalue weighted by molar-refractivity contribution is 7.93. The van der Waals surface area contributed by atoms with Crippen molar-refractivity contribution in [3.8, 4) is 5.75 Å². The van der Waals surface area contributed by atoms with Crippen LogP contribution in [0.15, 0.2) is 59.5 Å². The summed E-state index contributed by atoms with van der Waals surface area (Å²) in [6.07, 6.45) is 1.83. The van der Waals surface area contributed by atoms with Crippen LogP contribution in [0.3, 0.4) is 0 Å². The molecule has 0 spiro atoms. The molecule has 0 fully saturated rings. The summed E-state index contributed by atoms with van der Waals surface area (Å²) in [5.41, 5.74) is 2.35. The van der Waals surface area contributed by atoms with Gasteiger partial charge in [0.1, 0.15) is 5.75 Å². The first kappa shape index (κ1) is 25.8. The number of rotatable bonds is 13. The van der Waals surface area contributed by atoms with Crippen LogP contribution in [0, 0.1) is 0 Å². The zero-order valence-corrected chi connectivity index (χ0v) is 19.9. The van der Waals surface area contributed by atoms with E-state index >= 15 is 0 Å². The minimum atomic E-state index is -4.18. The number of ether oxygens (including phenoxy) is 1. The Morgan fingerprint density at radius 2 is 1.59 bits per heavy atom. The summed E-state index contributed by atoms with van der Waals surface area (Å²) in [5, 5.41) is 9.62. The van der Waals surface area contributed by atoms with Crippen LogP contribution in [0.4, 0.5) is 0 Å². The Morgan fingerprint density at radius 3 is 2.09 bits per heavy atom. The van der Waals surface area contributed by atoms with Crippen molar-refractivity contribution < 1.29 is 23.2 Å². The summed E-state index contributed by atoms with van der Waals surface area (Å²) in [5.74, 6) is -0.411. The minimum absolute atomic E-state index is 0.00960. The number of carbonyl (C=O) groups excluding carboxylic acids is 1. The Morgan fingerprint density at radius 1 is 1.00 bits per heavy atom. The Balaban J connectivity index is 2.58. The molecule has 2 rings (SSSR count). The molecule has 7 nitrogen and oxygen atoms in total. The van der Waals surface area contributed by atoms with Gasteiger partial charge >= 0.3 is 0 Å². The number of nitrogens with one attached hydrogen (secondary N) is 1. The largest absolute Gasteiger partial charge is 0.497 e. The molecule has 0 aliphatic rings. The third kappa shape index (κ3) is 5.88. The fourth-order valence-electron chi connectivity index (χ4n) is 3.95. The van der Waals surface area contributed by atoms with Gasteiger partial charge in [0, 0.05) is 13.0 Å². The van der Waals surface area contributed by atoms with Crippen molar-refractivity contribution >= 4 is 15.7 Å². The van der Waals surface area contributed by atoms with Crippen LogP contribution in [0.1, 0.15) is 38.7 Å². The van der Waals surface area contributed by atoms with E-state index < -0.39 is 20.5 Å². The molecule has 0 aliphatic heterocycles. The highest BCUT2D eigenvalue weighted by atomic mass is 32.2. The molecule has 0 heterocycles. The van der Waals surface area contributed by atoms with Crippen LogP contribution in [0.25, 0.3) is 0 Å². The fourth-order valence-corrected chi connectivity index (χ4v) is 5.90. The van der Waals surface area contributed by atoms with Gasteiger partial charge in [-0.15, -0.1) is 0 Å². The maximum atomic E-state index is 14.0. The van der Waals surface area contributed by atoms with Crippen LogP contribution < -0.4 is 10.2 Å². The van der Waals surface area contributed by atoms with Gasteiger partial charge in [0.05, 0.1) is 12.0 Å². The first-order valence-corrected chi connectivity index (χ1v) is 12.4. The van der Waals surface area contributed by atoms with Crippen molar-refractivity contribution in [1.29, 1.82) is 0 Å². The SMILES string of the molecule is CCCN(CCC)CCC(Cc1ccccc1)(C(=O)NO)S(=O)(=O)c1ccc(OC)cc1. The van der Waals surface area contributed by atoms with Crippen molar-refractivity contribution in [3.05, 3.63) is 60.2 Å². The van der Waals surface area contributed by atoms with Crippen molar-refractivity contribution in [2.75, 3.05) is 26.7 Å². The van der Waals surface area contributed by atoms with Gasteiger partial charge in [-0.1, -0.05) is 44.2 Å². The van der Waals surface area contributed by atoms with E-state index in [0.717, 1.165) is 25.9 Å². The smallest absolute Gasteiger partial charge is 0.265 e. The van der Waals surface area contributed by atoms with Crippen LogP contribution >= 0.6 is 0 Å². The average Bonchev–Trinajstić information content (AvgIpc) is 2.81. The van der Waals surface area contributed by atoms with Crippen molar-refractivity contribution in [3.63, 3.8) is 0 Å². The molecule has 0 saturated carbocycles. The summed E-state index contributed by atoms with van der Waals surface area (Å²) >= 11 is 0. The van der Waals surface area contributed by atoms with E-state index in [2.05, 4.69) is 18.7 Å². The molecule has 0 aliphatic carbocycles. The lowest BCUT2D eigenvalue weighted by Gasteiger charge is -2.34. The number of hydrogen-bond donors (Lipinski definition) is 2. The number of benzene rings is 2. The number of carbonyl (C=O) groups is 1. The van der Waals surface area contributed by atoms with Gasteiger partial charge in [-0.05, 0) is 62.2 Å². The van der Waals surface area contributed by atoms with Gasteiger partial charge < -0.3 is 9.64 Å². The number of sulfone groups is 1. The maximum absolute atomic E-state index is 14.0. The molecular weight excluding hydrogens is 428 g/mol. The van der Waals surface area contributed by atoms with E-state index in [4.69, 9.17) is 4.74 Å². The molecule has 1 amide bonds. The first-order chi connectivity index (χ1) is 15.3. The fraction of sp³-hybridized carbons (Fsp3) is 0.458. The van der Waals surface area contributed by atoms with E-state index in [1.54, 1.807) is 41.9 Å². The lowest BCUT2D eigenvalue weighted by Crippen LogP contribution is -2.55. The van der Waals surface area contributed by atoms with Gasteiger partial charge in [0.15, 0.2) is 14.6 Å². The number of hydrogen-bond acceptors (Lipinski definition) is 6. The normalized spacial score (nSPS) is 13.5. The molecule has 0 saturated heterocycles. The summed E-state index contributed by atoms with van der Waals surface area (Å²) in [7, 11) is -2.68. The quantitative estimate of drug-likeness (QED) is 0.350. The zero-order chi connectivity index (χ0) is 23.6. The van der Waals surface area contributed by atoms with Crippen molar-refractivity contribution in [2.45, 2.75) is 49.2 Å². The highest BCUT2D eigenvalue weighted by Crippen LogP contribution is 2.34. The third-order valence-electron chi connectivity index (χ3n) is 5.64. The number of nitrogens with zero attached hydrogens (tertiary/aromatic N) is 1. The number of methoxy groups -OCH3 is 1. The van der Waals surface area contributed by atoms with E-state index in [1.807, 2.05) is 6.07 Å². The van der Waals surface area contributed by atoms with Crippen molar-refractivity contribution in [2.24, 2.45) is 0 Å². The molecule has 0 bridgehead atoms. The van der Waals surface area contributed by atoms with Gasteiger partial charge in [-0.3, -0.25) is 10.0 Å². The molecular formula is C24H34N2O5S. The second-order valence-corrected chi connectivity index (χ2v) is 10.1. The third-order valence-corrected chi connectivity index (χ3v) is 8.10. The Hall–Kier alpha value is -2.42. The number of amides is 1. The molecule has 32 heavy (non-hydrogen) atoms.